The molecule has 3 atom stereocenters. The van der Waals surface area contributed by atoms with Crippen molar-refractivity contribution in [3.8, 4) is 0 Å². The van der Waals surface area contributed by atoms with Gasteiger partial charge in [-0.25, -0.2) is 0 Å². The molecule has 0 saturated heterocycles. The Morgan fingerprint density at radius 2 is 1.81 bits per heavy atom. The number of anilines is 2. The molecule has 3 aromatic rings. The van der Waals surface area contributed by atoms with Crippen LogP contribution in [0.25, 0.3) is 0 Å². The summed E-state index contributed by atoms with van der Waals surface area (Å²) in [5, 5.41) is 6.90. The highest BCUT2D eigenvalue weighted by atomic mass is 16.1. The van der Waals surface area contributed by atoms with Crippen LogP contribution in [-0.2, 0) is 0 Å². The van der Waals surface area contributed by atoms with E-state index in [1.165, 1.54) is 16.7 Å². The lowest BCUT2D eigenvalue weighted by Gasteiger charge is -2.38. The Morgan fingerprint density at radius 3 is 2.56 bits per heavy atom. The molecule has 0 bridgehead atoms. The van der Waals surface area contributed by atoms with E-state index in [4.69, 9.17) is 0 Å². The van der Waals surface area contributed by atoms with Gasteiger partial charge in [0.2, 0.25) is 0 Å². The Hall–Kier alpha value is -3.33. The number of hydrogen-bond donors (Lipinski definition) is 2. The Kier molecular flexibility index (Phi) is 5.34. The smallest absolute Gasteiger partial charge is 0.255 e. The summed E-state index contributed by atoms with van der Waals surface area (Å²) in [6, 6.07) is 23.3. The van der Waals surface area contributed by atoms with Crippen molar-refractivity contribution in [1.29, 1.82) is 0 Å². The Morgan fingerprint density at radius 1 is 1.03 bits per heavy atom. The maximum absolute atomic E-state index is 12.8. The van der Waals surface area contributed by atoms with E-state index in [1.807, 2.05) is 37.3 Å². The molecule has 2 aliphatic rings. The molecule has 0 spiro atoms. The number of allylic oxidation sites excluding steroid dienone is 2. The van der Waals surface area contributed by atoms with E-state index in [-0.39, 0.29) is 11.9 Å². The van der Waals surface area contributed by atoms with Crippen LogP contribution in [0.3, 0.4) is 0 Å². The van der Waals surface area contributed by atoms with Crippen LogP contribution in [0, 0.1) is 12.8 Å². The minimum atomic E-state index is -0.0616. The number of rotatable bonds is 4. The van der Waals surface area contributed by atoms with E-state index in [9.17, 15) is 4.79 Å². The van der Waals surface area contributed by atoms with Gasteiger partial charge in [0.1, 0.15) is 0 Å². The van der Waals surface area contributed by atoms with Gasteiger partial charge in [0.25, 0.3) is 5.91 Å². The molecular formula is C29H30N2O. The summed E-state index contributed by atoms with van der Waals surface area (Å²) in [6.45, 7) is 6.43. The maximum Gasteiger partial charge on any atom is 0.255 e. The third-order valence-corrected chi connectivity index (χ3v) is 6.97. The van der Waals surface area contributed by atoms with Crippen LogP contribution in [-0.4, -0.2) is 5.91 Å². The summed E-state index contributed by atoms with van der Waals surface area (Å²) >= 11 is 0. The second-order valence-electron chi connectivity index (χ2n) is 9.37. The van der Waals surface area contributed by atoms with Gasteiger partial charge in [-0.3, -0.25) is 4.79 Å². The third kappa shape index (κ3) is 3.73. The van der Waals surface area contributed by atoms with Crippen LogP contribution in [0.1, 0.15) is 70.8 Å². The van der Waals surface area contributed by atoms with Gasteiger partial charge in [-0.15, -0.1) is 0 Å². The molecule has 1 heterocycles. The lowest BCUT2D eigenvalue weighted by atomic mass is 9.76. The highest BCUT2D eigenvalue weighted by Gasteiger charge is 2.38. The van der Waals surface area contributed by atoms with E-state index in [2.05, 4.69) is 73.0 Å². The number of carbonyl (C=O) groups is 1. The van der Waals surface area contributed by atoms with Gasteiger partial charge >= 0.3 is 0 Å². The summed E-state index contributed by atoms with van der Waals surface area (Å²) in [5.74, 6) is 1.32. The van der Waals surface area contributed by atoms with Gasteiger partial charge < -0.3 is 10.6 Å². The van der Waals surface area contributed by atoms with Crippen LogP contribution in [0.4, 0.5) is 11.4 Å². The van der Waals surface area contributed by atoms with Gasteiger partial charge in [0.05, 0.1) is 6.04 Å². The molecule has 162 valence electrons. The number of benzene rings is 3. The van der Waals surface area contributed by atoms with Crippen LogP contribution >= 0.6 is 0 Å². The summed E-state index contributed by atoms with van der Waals surface area (Å²) in [4.78, 5) is 12.8. The average molecular weight is 423 g/mol. The van der Waals surface area contributed by atoms with Gasteiger partial charge in [0.15, 0.2) is 0 Å². The fourth-order valence-corrected chi connectivity index (χ4v) is 5.12. The zero-order valence-corrected chi connectivity index (χ0v) is 18.9. The fraction of sp³-hybridized carbons (Fsp3) is 0.276. The standard InChI is InChI=1S/C29H30N2O/c1-18(2)20-11-13-21(14-12-20)28-25-10-6-9-24(25)26-17-22(15-16-27(26)31-28)30-29(32)23-8-5-4-7-19(23)3/h4-9,11-18,24-25,28,31H,10H2,1-3H3,(H,30,32). The molecule has 0 saturated carbocycles. The number of aryl methyl sites for hydroxylation is 1. The van der Waals surface area contributed by atoms with Crippen molar-refractivity contribution < 1.29 is 4.79 Å². The van der Waals surface area contributed by atoms with Crippen LogP contribution in [0.2, 0.25) is 0 Å². The molecule has 1 aliphatic carbocycles. The van der Waals surface area contributed by atoms with Gasteiger partial charge in [-0.1, -0.05) is 68.5 Å². The fourth-order valence-electron chi connectivity index (χ4n) is 5.12. The largest absolute Gasteiger partial charge is 0.378 e. The van der Waals surface area contributed by atoms with Crippen LogP contribution in [0.15, 0.2) is 78.9 Å². The molecular weight excluding hydrogens is 392 g/mol. The number of hydrogen-bond acceptors (Lipinski definition) is 2. The Bertz CT molecular complexity index is 1180. The normalized spacial score (nSPS) is 21.1. The first-order chi connectivity index (χ1) is 15.5. The Balaban J connectivity index is 1.42. The lowest BCUT2D eigenvalue weighted by molar-refractivity contribution is 0.102. The summed E-state index contributed by atoms with van der Waals surface area (Å²) < 4.78 is 0. The number of fused-ring (bicyclic) bond motifs is 3. The zero-order valence-electron chi connectivity index (χ0n) is 18.9. The molecule has 3 nitrogen and oxygen atoms in total. The number of carbonyl (C=O) groups excluding carboxylic acids is 1. The van der Waals surface area contributed by atoms with E-state index < -0.39 is 0 Å². The van der Waals surface area contributed by atoms with Gasteiger partial charge in [-0.05, 0) is 71.7 Å². The molecule has 2 N–H and O–H groups in total. The van der Waals surface area contributed by atoms with E-state index in [0.717, 1.165) is 23.4 Å². The van der Waals surface area contributed by atoms with Crippen molar-refractivity contribution in [2.24, 2.45) is 5.92 Å². The summed E-state index contributed by atoms with van der Waals surface area (Å²) in [6.07, 6.45) is 5.71. The second kappa shape index (κ2) is 8.31. The van der Waals surface area contributed by atoms with Crippen LogP contribution < -0.4 is 10.6 Å². The minimum Gasteiger partial charge on any atom is -0.378 e. The summed E-state index contributed by atoms with van der Waals surface area (Å²) in [5.41, 5.74) is 7.68. The number of amides is 1. The van der Waals surface area contributed by atoms with Crippen molar-refractivity contribution in [1.82, 2.24) is 0 Å². The predicted molar refractivity (Wildman–Crippen MR) is 132 cm³/mol. The first-order valence-corrected chi connectivity index (χ1v) is 11.6. The molecule has 32 heavy (non-hydrogen) atoms. The van der Waals surface area contributed by atoms with Crippen molar-refractivity contribution in [3.63, 3.8) is 0 Å². The molecule has 0 aromatic heterocycles. The molecule has 0 radical (unpaired) electrons. The average Bonchev–Trinajstić information content (AvgIpc) is 3.29. The second-order valence-corrected chi connectivity index (χ2v) is 9.37. The van der Waals surface area contributed by atoms with Crippen molar-refractivity contribution >= 4 is 17.3 Å². The summed E-state index contributed by atoms with van der Waals surface area (Å²) in [7, 11) is 0. The third-order valence-electron chi connectivity index (χ3n) is 6.97. The van der Waals surface area contributed by atoms with Crippen molar-refractivity contribution in [2.45, 2.75) is 45.1 Å². The minimum absolute atomic E-state index is 0.0616. The van der Waals surface area contributed by atoms with Crippen molar-refractivity contribution in [2.75, 3.05) is 10.6 Å². The predicted octanol–water partition coefficient (Wildman–Crippen LogP) is 7.20. The monoisotopic (exact) mass is 422 g/mol. The molecule has 3 aromatic carbocycles. The molecule has 3 heteroatoms. The quantitative estimate of drug-likeness (QED) is 0.437. The molecule has 3 unspecified atom stereocenters. The SMILES string of the molecule is Cc1ccccc1C(=O)Nc1ccc2c(c1)C1C=CCC1C(c1ccc(C(C)C)cc1)N2. The Labute approximate surface area is 190 Å². The molecule has 1 amide bonds. The van der Waals surface area contributed by atoms with Gasteiger partial charge in [0, 0.05) is 22.9 Å². The highest BCUT2D eigenvalue weighted by Crippen LogP contribution is 2.50. The van der Waals surface area contributed by atoms with E-state index in [0.29, 0.717) is 23.3 Å². The highest BCUT2D eigenvalue weighted by molar-refractivity contribution is 6.05. The molecule has 1 aliphatic heterocycles. The topological polar surface area (TPSA) is 41.1 Å². The lowest BCUT2D eigenvalue weighted by Crippen LogP contribution is -2.29. The first-order valence-electron chi connectivity index (χ1n) is 11.6. The maximum atomic E-state index is 12.8. The van der Waals surface area contributed by atoms with Gasteiger partial charge in [-0.2, -0.15) is 0 Å². The van der Waals surface area contributed by atoms with Crippen LogP contribution in [0.5, 0.6) is 0 Å². The molecule has 0 fully saturated rings. The van der Waals surface area contributed by atoms with Crippen molar-refractivity contribution in [3.05, 3.63) is 107 Å². The zero-order chi connectivity index (χ0) is 22.2. The first kappa shape index (κ1) is 20.6. The molecule has 5 rings (SSSR count). The number of nitrogens with one attached hydrogen (secondary N) is 2. The van der Waals surface area contributed by atoms with E-state index >= 15 is 0 Å². The van der Waals surface area contributed by atoms with E-state index in [1.54, 1.807) is 0 Å².